The molecule has 1 N–H and O–H groups in total. The van der Waals surface area contributed by atoms with Gasteiger partial charge in [-0.05, 0) is 42.9 Å². The summed E-state index contributed by atoms with van der Waals surface area (Å²) in [5, 5.41) is 3.74. The molecule has 0 spiro atoms. The van der Waals surface area contributed by atoms with Crippen LogP contribution in [0.4, 0.5) is 5.69 Å². The fourth-order valence-electron chi connectivity index (χ4n) is 1.78. The standard InChI is InChI=1S/C16H18N2OS/c1-3-11-20-16-13(8-6-10-17-16)15(19)18-14-9-5-4-7-12(14)2/h4-10H,3,11H2,1-2H3,(H,18,19). The average molecular weight is 286 g/mol. The van der Waals surface area contributed by atoms with E-state index in [2.05, 4.69) is 17.2 Å². The van der Waals surface area contributed by atoms with Crippen molar-refractivity contribution >= 4 is 23.4 Å². The van der Waals surface area contributed by atoms with Gasteiger partial charge in [-0.1, -0.05) is 25.1 Å². The summed E-state index contributed by atoms with van der Waals surface area (Å²) in [6.07, 6.45) is 2.78. The first-order chi connectivity index (χ1) is 9.72. The van der Waals surface area contributed by atoms with E-state index in [9.17, 15) is 4.79 Å². The number of nitrogens with one attached hydrogen (secondary N) is 1. The summed E-state index contributed by atoms with van der Waals surface area (Å²) >= 11 is 1.62. The summed E-state index contributed by atoms with van der Waals surface area (Å²) in [6, 6.07) is 11.4. The summed E-state index contributed by atoms with van der Waals surface area (Å²) in [7, 11) is 0. The Morgan fingerprint density at radius 1 is 1.25 bits per heavy atom. The lowest BCUT2D eigenvalue weighted by Crippen LogP contribution is -2.14. The van der Waals surface area contributed by atoms with Gasteiger partial charge in [0.25, 0.3) is 5.91 Å². The van der Waals surface area contributed by atoms with Gasteiger partial charge in [-0.25, -0.2) is 4.98 Å². The molecule has 1 amide bonds. The molecule has 0 bridgehead atoms. The minimum atomic E-state index is -0.106. The van der Waals surface area contributed by atoms with Crippen LogP contribution in [0.5, 0.6) is 0 Å². The first-order valence-corrected chi connectivity index (χ1v) is 7.65. The van der Waals surface area contributed by atoms with Crippen molar-refractivity contribution in [3.63, 3.8) is 0 Å². The number of anilines is 1. The van der Waals surface area contributed by atoms with Crippen molar-refractivity contribution in [2.24, 2.45) is 0 Å². The molecule has 0 atom stereocenters. The normalized spacial score (nSPS) is 10.3. The number of aryl methyl sites for hydroxylation is 1. The highest BCUT2D eigenvalue weighted by atomic mass is 32.2. The van der Waals surface area contributed by atoms with Crippen LogP contribution in [-0.2, 0) is 0 Å². The summed E-state index contributed by atoms with van der Waals surface area (Å²) in [5.74, 6) is 0.854. The molecule has 3 nitrogen and oxygen atoms in total. The molecule has 104 valence electrons. The van der Waals surface area contributed by atoms with Gasteiger partial charge in [-0.2, -0.15) is 0 Å². The number of para-hydroxylation sites is 1. The maximum Gasteiger partial charge on any atom is 0.258 e. The summed E-state index contributed by atoms with van der Waals surface area (Å²) in [4.78, 5) is 16.7. The van der Waals surface area contributed by atoms with E-state index in [1.165, 1.54) is 0 Å². The van der Waals surface area contributed by atoms with Gasteiger partial charge in [0.15, 0.2) is 0 Å². The predicted molar refractivity (Wildman–Crippen MR) is 84.4 cm³/mol. The molecule has 0 saturated carbocycles. The molecule has 4 heteroatoms. The minimum Gasteiger partial charge on any atom is -0.322 e. The zero-order valence-corrected chi connectivity index (χ0v) is 12.5. The van der Waals surface area contributed by atoms with E-state index < -0.39 is 0 Å². The first kappa shape index (κ1) is 14.6. The zero-order valence-electron chi connectivity index (χ0n) is 11.7. The van der Waals surface area contributed by atoms with E-state index in [1.807, 2.05) is 37.3 Å². The fourth-order valence-corrected chi connectivity index (χ4v) is 2.63. The maximum absolute atomic E-state index is 12.4. The van der Waals surface area contributed by atoms with Crippen molar-refractivity contribution in [2.45, 2.75) is 25.3 Å². The van der Waals surface area contributed by atoms with E-state index in [0.29, 0.717) is 5.56 Å². The molecular weight excluding hydrogens is 268 g/mol. The lowest BCUT2D eigenvalue weighted by molar-refractivity contribution is 0.102. The number of nitrogens with zero attached hydrogens (tertiary/aromatic N) is 1. The Morgan fingerprint density at radius 2 is 2.05 bits per heavy atom. The molecule has 0 saturated heterocycles. The molecule has 1 aromatic heterocycles. The van der Waals surface area contributed by atoms with Crippen LogP contribution in [0.3, 0.4) is 0 Å². The van der Waals surface area contributed by atoms with Crippen LogP contribution < -0.4 is 5.32 Å². The van der Waals surface area contributed by atoms with Crippen molar-refractivity contribution in [3.05, 3.63) is 53.7 Å². The lowest BCUT2D eigenvalue weighted by atomic mass is 10.2. The van der Waals surface area contributed by atoms with Gasteiger partial charge in [0.2, 0.25) is 0 Å². The molecule has 20 heavy (non-hydrogen) atoms. The second kappa shape index (κ2) is 7.10. The van der Waals surface area contributed by atoms with Gasteiger partial charge in [-0.15, -0.1) is 11.8 Å². The Balaban J connectivity index is 2.19. The Kier molecular flexibility index (Phi) is 5.18. The van der Waals surface area contributed by atoms with Gasteiger partial charge in [-0.3, -0.25) is 4.79 Å². The predicted octanol–water partition coefficient (Wildman–Crippen LogP) is 4.14. The third kappa shape index (κ3) is 3.61. The van der Waals surface area contributed by atoms with Crippen LogP contribution in [0.15, 0.2) is 47.6 Å². The van der Waals surface area contributed by atoms with Gasteiger partial charge in [0, 0.05) is 11.9 Å². The van der Waals surface area contributed by atoms with E-state index in [4.69, 9.17) is 0 Å². The highest BCUT2D eigenvalue weighted by Crippen LogP contribution is 2.22. The minimum absolute atomic E-state index is 0.106. The number of amides is 1. The first-order valence-electron chi connectivity index (χ1n) is 6.67. The van der Waals surface area contributed by atoms with Crippen LogP contribution in [0.25, 0.3) is 0 Å². The molecule has 0 radical (unpaired) electrons. The van der Waals surface area contributed by atoms with Crippen LogP contribution in [0.2, 0.25) is 0 Å². The third-order valence-electron chi connectivity index (χ3n) is 2.85. The monoisotopic (exact) mass is 286 g/mol. The second-order valence-corrected chi connectivity index (χ2v) is 5.56. The highest BCUT2D eigenvalue weighted by molar-refractivity contribution is 7.99. The van der Waals surface area contributed by atoms with Gasteiger partial charge < -0.3 is 5.32 Å². The zero-order chi connectivity index (χ0) is 14.4. The number of pyridine rings is 1. The fraction of sp³-hybridized carbons (Fsp3) is 0.250. The molecule has 1 aromatic carbocycles. The number of rotatable bonds is 5. The van der Waals surface area contributed by atoms with Crippen molar-refractivity contribution in [2.75, 3.05) is 11.1 Å². The second-order valence-electron chi connectivity index (χ2n) is 4.47. The van der Waals surface area contributed by atoms with Crippen molar-refractivity contribution in [1.82, 2.24) is 4.98 Å². The molecule has 2 aromatic rings. The average Bonchev–Trinajstić information content (AvgIpc) is 2.47. The van der Waals surface area contributed by atoms with Crippen LogP contribution in [0.1, 0.15) is 29.3 Å². The SMILES string of the molecule is CCCSc1ncccc1C(=O)Nc1ccccc1C. The smallest absolute Gasteiger partial charge is 0.258 e. The maximum atomic E-state index is 12.4. The number of aromatic nitrogens is 1. The molecule has 2 rings (SSSR count). The number of benzene rings is 1. The van der Waals surface area contributed by atoms with Crippen LogP contribution in [-0.4, -0.2) is 16.6 Å². The Labute approximate surface area is 123 Å². The largest absolute Gasteiger partial charge is 0.322 e. The molecular formula is C16H18N2OS. The molecule has 0 aliphatic carbocycles. The van der Waals surface area contributed by atoms with E-state index in [0.717, 1.165) is 28.5 Å². The number of hydrogen-bond acceptors (Lipinski definition) is 3. The van der Waals surface area contributed by atoms with Gasteiger partial charge >= 0.3 is 0 Å². The highest BCUT2D eigenvalue weighted by Gasteiger charge is 2.13. The number of hydrogen-bond donors (Lipinski definition) is 1. The molecule has 0 fully saturated rings. The quantitative estimate of drug-likeness (QED) is 0.840. The molecule has 0 unspecified atom stereocenters. The number of carbonyl (C=O) groups is 1. The van der Waals surface area contributed by atoms with Crippen LogP contribution in [0, 0.1) is 6.92 Å². The lowest BCUT2D eigenvalue weighted by Gasteiger charge is -2.10. The molecule has 1 heterocycles. The van der Waals surface area contributed by atoms with Crippen LogP contribution >= 0.6 is 11.8 Å². The van der Waals surface area contributed by atoms with Gasteiger partial charge in [0.05, 0.1) is 5.56 Å². The van der Waals surface area contributed by atoms with Crippen molar-refractivity contribution in [3.8, 4) is 0 Å². The van der Waals surface area contributed by atoms with Crippen molar-refractivity contribution in [1.29, 1.82) is 0 Å². The van der Waals surface area contributed by atoms with E-state index in [1.54, 1.807) is 24.0 Å². The van der Waals surface area contributed by atoms with Gasteiger partial charge in [0.1, 0.15) is 5.03 Å². The summed E-state index contributed by atoms with van der Waals surface area (Å²) < 4.78 is 0. The number of thioether (sulfide) groups is 1. The van der Waals surface area contributed by atoms with E-state index >= 15 is 0 Å². The Hall–Kier alpha value is -1.81. The third-order valence-corrected chi connectivity index (χ3v) is 4.06. The Bertz CT molecular complexity index is 599. The molecule has 0 aliphatic heterocycles. The van der Waals surface area contributed by atoms with E-state index in [-0.39, 0.29) is 5.91 Å². The topological polar surface area (TPSA) is 42.0 Å². The Morgan fingerprint density at radius 3 is 2.80 bits per heavy atom. The van der Waals surface area contributed by atoms with Crippen molar-refractivity contribution < 1.29 is 4.79 Å². The molecule has 0 aliphatic rings. The summed E-state index contributed by atoms with van der Waals surface area (Å²) in [5.41, 5.74) is 2.52. The summed E-state index contributed by atoms with van der Waals surface area (Å²) in [6.45, 7) is 4.09. The number of carbonyl (C=O) groups excluding carboxylic acids is 1.